The normalized spacial score (nSPS) is 12.9. The second-order valence-electron chi connectivity index (χ2n) is 21.3. The molecule has 444 valence electrons. The first-order chi connectivity index (χ1) is 38.5. The number of carbonyl (C=O) groups excluding carboxylic acids is 3. The molecule has 78 heavy (non-hydrogen) atoms. The van der Waals surface area contributed by atoms with E-state index in [2.05, 4.69) is 142 Å². The summed E-state index contributed by atoms with van der Waals surface area (Å²) in [5.74, 6) is -0.954. The van der Waals surface area contributed by atoms with E-state index in [9.17, 15) is 14.4 Å². The van der Waals surface area contributed by atoms with Crippen LogP contribution in [0.5, 0.6) is 0 Å². The molecule has 6 heteroatoms. The molecule has 0 fully saturated rings. The highest BCUT2D eigenvalue weighted by Crippen LogP contribution is 2.15. The Balaban J connectivity index is 4.43. The molecule has 0 aliphatic rings. The van der Waals surface area contributed by atoms with Crippen LogP contribution in [0.15, 0.2) is 122 Å². The third-order valence-electron chi connectivity index (χ3n) is 13.7. The summed E-state index contributed by atoms with van der Waals surface area (Å²) < 4.78 is 16.9. The Morgan fingerprint density at radius 3 is 0.821 bits per heavy atom. The van der Waals surface area contributed by atoms with E-state index in [0.717, 1.165) is 116 Å². The summed E-state index contributed by atoms with van der Waals surface area (Å²) in [5, 5.41) is 0. The molecule has 0 aliphatic heterocycles. The Morgan fingerprint density at radius 2 is 0.500 bits per heavy atom. The SMILES string of the molecule is CC/C=C\C/C=C\C/C=C\C/C=C\C/C=C\C/C=C\CCCCC(=O)OC(COC(=O)CCCCCCC/C=C\CCCCCCC)COC(=O)CCCCCCCCCCCC/C=C\C/C=C\C/C=C\CCCCCCC. The number of allylic oxidation sites excluding steroid dienone is 20. The minimum atomic E-state index is -0.811. The van der Waals surface area contributed by atoms with Crippen LogP contribution in [-0.2, 0) is 28.6 Å². The maximum atomic E-state index is 12.9. The molecule has 0 aliphatic carbocycles. The lowest BCUT2D eigenvalue weighted by atomic mass is 10.1. The number of hydrogen-bond donors (Lipinski definition) is 0. The van der Waals surface area contributed by atoms with Crippen LogP contribution < -0.4 is 0 Å². The lowest BCUT2D eigenvalue weighted by molar-refractivity contribution is -0.167. The molecule has 0 aromatic rings. The van der Waals surface area contributed by atoms with Gasteiger partial charge >= 0.3 is 17.9 Å². The molecule has 0 radical (unpaired) electrons. The molecule has 0 N–H and O–H groups in total. The van der Waals surface area contributed by atoms with Gasteiger partial charge < -0.3 is 14.2 Å². The minimum Gasteiger partial charge on any atom is -0.462 e. The summed E-state index contributed by atoms with van der Waals surface area (Å²) >= 11 is 0. The summed E-state index contributed by atoms with van der Waals surface area (Å²) in [4.78, 5) is 38.3. The van der Waals surface area contributed by atoms with Crippen molar-refractivity contribution in [1.29, 1.82) is 0 Å². The van der Waals surface area contributed by atoms with Crippen molar-refractivity contribution < 1.29 is 28.6 Å². The van der Waals surface area contributed by atoms with E-state index in [1.54, 1.807) is 0 Å². The van der Waals surface area contributed by atoms with Crippen molar-refractivity contribution in [2.45, 2.75) is 303 Å². The largest absolute Gasteiger partial charge is 0.462 e. The summed E-state index contributed by atoms with van der Waals surface area (Å²) in [6, 6.07) is 0. The standard InChI is InChI=1S/C72H120O6/c1-4-7-10-13-16-19-22-25-28-30-32-34-35-36-37-39-40-42-44-47-50-53-56-59-62-65-71(74)77-68-69(67-76-70(73)64-61-58-55-52-49-46-27-24-21-18-15-12-9-6-3)78-72(75)66-63-60-57-54-51-48-45-43-41-38-33-31-29-26-23-20-17-14-11-8-5-2/h8,11,17,20,22,24-27,29-30,32-33,35-36,38,43,45,51,54,69H,4-7,9-10,12-16,18-19,21,23,28,31,34,37,39-42,44,46-50,52-53,55-68H2,1-3H3/b11-8-,20-17-,25-22-,27-24-,29-26-,32-30-,36-35-,38-33-,45-43-,54-51-. The Labute approximate surface area is 482 Å². The van der Waals surface area contributed by atoms with Gasteiger partial charge in [0.05, 0.1) is 0 Å². The fraction of sp³-hybridized carbons (Fsp3) is 0.681. The number of ether oxygens (including phenoxy) is 3. The molecule has 0 saturated heterocycles. The summed E-state index contributed by atoms with van der Waals surface area (Å²) in [6.07, 6.45) is 90.6. The first-order valence-corrected chi connectivity index (χ1v) is 32.5. The van der Waals surface area contributed by atoms with Gasteiger partial charge in [0.25, 0.3) is 0 Å². The molecule has 0 spiro atoms. The third-order valence-corrected chi connectivity index (χ3v) is 13.7. The van der Waals surface area contributed by atoms with Gasteiger partial charge in [0.1, 0.15) is 13.2 Å². The maximum absolute atomic E-state index is 12.9. The molecular formula is C72H120O6. The molecule has 0 amide bonds. The predicted octanol–water partition coefficient (Wildman–Crippen LogP) is 22.4. The van der Waals surface area contributed by atoms with Crippen LogP contribution in [0.4, 0.5) is 0 Å². The van der Waals surface area contributed by atoms with Crippen LogP contribution in [0, 0.1) is 0 Å². The predicted molar refractivity (Wildman–Crippen MR) is 339 cm³/mol. The Morgan fingerprint density at radius 1 is 0.269 bits per heavy atom. The van der Waals surface area contributed by atoms with Gasteiger partial charge in [-0.2, -0.15) is 0 Å². The van der Waals surface area contributed by atoms with Crippen molar-refractivity contribution in [1.82, 2.24) is 0 Å². The van der Waals surface area contributed by atoms with Crippen molar-refractivity contribution in [2.75, 3.05) is 13.2 Å². The third kappa shape index (κ3) is 62.7. The van der Waals surface area contributed by atoms with E-state index in [4.69, 9.17) is 14.2 Å². The zero-order chi connectivity index (χ0) is 56.4. The average Bonchev–Trinajstić information content (AvgIpc) is 3.44. The van der Waals surface area contributed by atoms with Crippen LogP contribution in [-0.4, -0.2) is 37.2 Å². The fourth-order valence-electron chi connectivity index (χ4n) is 8.80. The van der Waals surface area contributed by atoms with E-state index >= 15 is 0 Å². The van der Waals surface area contributed by atoms with Gasteiger partial charge in [-0.05, 0) is 135 Å². The van der Waals surface area contributed by atoms with Crippen LogP contribution in [0.1, 0.15) is 297 Å². The minimum absolute atomic E-state index is 0.102. The molecule has 6 nitrogen and oxygen atoms in total. The molecule has 1 unspecified atom stereocenters. The quantitative estimate of drug-likeness (QED) is 0.0261. The number of esters is 3. The van der Waals surface area contributed by atoms with Crippen molar-refractivity contribution in [3.63, 3.8) is 0 Å². The van der Waals surface area contributed by atoms with Gasteiger partial charge in [-0.3, -0.25) is 14.4 Å². The van der Waals surface area contributed by atoms with E-state index in [0.29, 0.717) is 19.3 Å². The highest BCUT2D eigenvalue weighted by molar-refractivity contribution is 5.71. The zero-order valence-corrected chi connectivity index (χ0v) is 50.9. The molecule has 0 aromatic heterocycles. The molecule has 0 rings (SSSR count). The zero-order valence-electron chi connectivity index (χ0n) is 50.9. The van der Waals surface area contributed by atoms with Gasteiger partial charge in [0.2, 0.25) is 0 Å². The van der Waals surface area contributed by atoms with Crippen LogP contribution in [0.3, 0.4) is 0 Å². The summed E-state index contributed by atoms with van der Waals surface area (Å²) in [5.41, 5.74) is 0. The van der Waals surface area contributed by atoms with Gasteiger partial charge in [0, 0.05) is 19.3 Å². The lowest BCUT2D eigenvalue weighted by Gasteiger charge is -2.18. The number of hydrogen-bond acceptors (Lipinski definition) is 6. The van der Waals surface area contributed by atoms with E-state index in [1.807, 2.05) is 0 Å². The first kappa shape index (κ1) is 73.8. The van der Waals surface area contributed by atoms with Crippen molar-refractivity contribution in [3.8, 4) is 0 Å². The molecule has 0 aromatic carbocycles. The van der Waals surface area contributed by atoms with E-state index in [1.165, 1.54) is 135 Å². The molecule has 1 atom stereocenters. The summed E-state index contributed by atoms with van der Waals surface area (Å²) in [6.45, 7) is 6.47. The Kier molecular flexibility index (Phi) is 61.8. The van der Waals surface area contributed by atoms with Crippen molar-refractivity contribution in [2.24, 2.45) is 0 Å². The van der Waals surface area contributed by atoms with E-state index in [-0.39, 0.29) is 37.5 Å². The van der Waals surface area contributed by atoms with Gasteiger partial charge in [-0.15, -0.1) is 0 Å². The van der Waals surface area contributed by atoms with Crippen molar-refractivity contribution >= 4 is 17.9 Å². The molecule has 0 bridgehead atoms. The highest BCUT2D eigenvalue weighted by atomic mass is 16.6. The monoisotopic (exact) mass is 1080 g/mol. The number of unbranched alkanes of at least 4 members (excludes halogenated alkanes) is 27. The molecule has 0 heterocycles. The first-order valence-electron chi connectivity index (χ1n) is 32.5. The van der Waals surface area contributed by atoms with Gasteiger partial charge in [0.15, 0.2) is 6.10 Å². The second kappa shape index (κ2) is 65.3. The second-order valence-corrected chi connectivity index (χ2v) is 21.3. The van der Waals surface area contributed by atoms with Crippen molar-refractivity contribution in [3.05, 3.63) is 122 Å². The van der Waals surface area contributed by atoms with Crippen LogP contribution in [0.2, 0.25) is 0 Å². The smallest absolute Gasteiger partial charge is 0.306 e. The maximum Gasteiger partial charge on any atom is 0.306 e. The topological polar surface area (TPSA) is 78.9 Å². The van der Waals surface area contributed by atoms with Crippen LogP contribution >= 0.6 is 0 Å². The van der Waals surface area contributed by atoms with E-state index < -0.39 is 6.10 Å². The number of carbonyl (C=O) groups is 3. The average molecular weight is 1080 g/mol. The van der Waals surface area contributed by atoms with Gasteiger partial charge in [-0.25, -0.2) is 0 Å². The fourth-order valence-corrected chi connectivity index (χ4v) is 8.80. The van der Waals surface area contributed by atoms with Crippen LogP contribution in [0.25, 0.3) is 0 Å². The molecular weight excluding hydrogens is 961 g/mol. The summed E-state index contributed by atoms with van der Waals surface area (Å²) in [7, 11) is 0. The molecule has 0 saturated carbocycles. The number of rotatable bonds is 58. The Bertz CT molecular complexity index is 1620. The highest BCUT2D eigenvalue weighted by Gasteiger charge is 2.19. The Hall–Kier alpha value is -4.19. The van der Waals surface area contributed by atoms with Gasteiger partial charge in [-0.1, -0.05) is 264 Å². The lowest BCUT2D eigenvalue weighted by Crippen LogP contribution is -2.30.